The summed E-state index contributed by atoms with van der Waals surface area (Å²) in [6.07, 6.45) is -0.368. The first-order chi connectivity index (χ1) is 13.4. The van der Waals surface area contributed by atoms with Crippen LogP contribution in [0.3, 0.4) is 0 Å². The van der Waals surface area contributed by atoms with Crippen LogP contribution in [-0.2, 0) is 10.4 Å². The largest absolute Gasteiger partial charge is 0.380 e. The molecule has 0 unspecified atom stereocenters. The molecule has 28 heavy (non-hydrogen) atoms. The van der Waals surface area contributed by atoms with Gasteiger partial charge >= 0.3 is 0 Å². The number of allylic oxidation sites excluding steroid dienone is 1. The van der Waals surface area contributed by atoms with Gasteiger partial charge in [-0.05, 0) is 41.0 Å². The second-order valence-corrected chi connectivity index (χ2v) is 6.74. The van der Waals surface area contributed by atoms with Crippen LogP contribution in [0.25, 0.3) is 11.1 Å². The van der Waals surface area contributed by atoms with Gasteiger partial charge in [-0.1, -0.05) is 42.5 Å². The number of halogens is 3. The first kappa shape index (κ1) is 18.2. The lowest BCUT2D eigenvalue weighted by molar-refractivity contribution is -0.115. The quantitative estimate of drug-likeness (QED) is 0.704. The lowest BCUT2D eigenvalue weighted by atomic mass is 9.82. The predicted molar refractivity (Wildman–Crippen MR) is 99.5 cm³/mol. The van der Waals surface area contributed by atoms with E-state index in [2.05, 4.69) is 0 Å². The topological polar surface area (TPSA) is 37.3 Å². The maximum absolute atomic E-state index is 13.8. The zero-order valence-corrected chi connectivity index (χ0v) is 14.6. The van der Waals surface area contributed by atoms with Crippen molar-refractivity contribution in [1.29, 1.82) is 0 Å². The summed E-state index contributed by atoms with van der Waals surface area (Å²) < 4.78 is 41.1. The minimum absolute atomic E-state index is 0.0469. The molecule has 0 heterocycles. The minimum Gasteiger partial charge on any atom is -0.380 e. The van der Waals surface area contributed by atoms with Crippen LogP contribution in [-0.4, -0.2) is 10.9 Å². The molecule has 0 aliphatic heterocycles. The Morgan fingerprint density at radius 1 is 0.750 bits per heavy atom. The van der Waals surface area contributed by atoms with Crippen molar-refractivity contribution in [1.82, 2.24) is 0 Å². The van der Waals surface area contributed by atoms with Crippen molar-refractivity contribution in [3.8, 4) is 0 Å². The van der Waals surface area contributed by atoms with Crippen molar-refractivity contribution in [2.45, 2.75) is 12.0 Å². The summed E-state index contributed by atoms with van der Waals surface area (Å²) >= 11 is 0. The second kappa shape index (κ2) is 6.77. The van der Waals surface area contributed by atoms with Crippen LogP contribution < -0.4 is 0 Å². The van der Waals surface area contributed by atoms with E-state index in [0.29, 0.717) is 17.2 Å². The normalized spacial score (nSPS) is 19.4. The number of hydrogen-bond acceptors (Lipinski definition) is 2. The highest BCUT2D eigenvalue weighted by Crippen LogP contribution is 2.50. The highest BCUT2D eigenvalue weighted by atomic mass is 19.1. The third kappa shape index (κ3) is 3.04. The number of hydrogen-bond donors (Lipinski definition) is 1. The predicted octanol–water partition coefficient (Wildman–Crippen LogP) is 4.88. The number of Topliss-reactive ketones (excluding diaryl/α,β-unsaturated/α-hetero) is 1. The van der Waals surface area contributed by atoms with Crippen molar-refractivity contribution >= 4 is 16.9 Å². The van der Waals surface area contributed by atoms with E-state index in [0.717, 1.165) is 12.1 Å². The van der Waals surface area contributed by atoms with Crippen LogP contribution in [0.4, 0.5) is 13.2 Å². The van der Waals surface area contributed by atoms with Crippen LogP contribution >= 0.6 is 0 Å². The van der Waals surface area contributed by atoms with Gasteiger partial charge in [0.15, 0.2) is 5.78 Å². The molecule has 0 aromatic heterocycles. The highest BCUT2D eigenvalue weighted by Gasteiger charge is 2.46. The molecule has 0 amide bonds. The summed E-state index contributed by atoms with van der Waals surface area (Å²) in [5.41, 5.74) is -0.536. The zero-order chi connectivity index (χ0) is 19.9. The van der Waals surface area contributed by atoms with Crippen molar-refractivity contribution in [3.63, 3.8) is 0 Å². The first-order valence-corrected chi connectivity index (χ1v) is 8.67. The van der Waals surface area contributed by atoms with Gasteiger partial charge in [0.25, 0.3) is 0 Å². The number of carbonyl (C=O) groups excluding carboxylic acids is 1. The van der Waals surface area contributed by atoms with E-state index in [4.69, 9.17) is 0 Å². The van der Waals surface area contributed by atoms with Crippen LogP contribution in [0, 0.1) is 17.5 Å². The Hall–Kier alpha value is -3.18. The fourth-order valence-corrected chi connectivity index (χ4v) is 3.70. The Labute approximate surface area is 159 Å². The number of rotatable bonds is 3. The average Bonchev–Trinajstić information content (AvgIpc) is 2.94. The standard InChI is InChI=1S/C23H15F3O2/c24-17-8-6-14(7-9-17)21-20(27)13-23(28,16-10-18(25)12-19(26)11-16)22(21)15-4-2-1-3-5-15/h1-12,28H,13H2/t23-/m0/s1. The molecule has 140 valence electrons. The Morgan fingerprint density at radius 3 is 1.96 bits per heavy atom. The molecule has 0 spiro atoms. The summed E-state index contributed by atoms with van der Waals surface area (Å²) in [6.45, 7) is 0. The van der Waals surface area contributed by atoms with E-state index in [-0.39, 0.29) is 23.1 Å². The maximum atomic E-state index is 13.8. The van der Waals surface area contributed by atoms with E-state index in [1.54, 1.807) is 30.3 Å². The van der Waals surface area contributed by atoms with Gasteiger partial charge in [0.1, 0.15) is 23.1 Å². The zero-order valence-electron chi connectivity index (χ0n) is 14.6. The first-order valence-electron chi connectivity index (χ1n) is 8.67. The van der Waals surface area contributed by atoms with E-state index in [9.17, 15) is 23.1 Å². The van der Waals surface area contributed by atoms with Gasteiger partial charge in [0, 0.05) is 23.6 Å². The molecule has 4 rings (SSSR count). The molecule has 3 aromatic carbocycles. The van der Waals surface area contributed by atoms with Crippen molar-refractivity contribution in [2.75, 3.05) is 0 Å². The fourth-order valence-electron chi connectivity index (χ4n) is 3.70. The molecule has 0 radical (unpaired) electrons. The third-order valence-corrected chi connectivity index (χ3v) is 4.89. The maximum Gasteiger partial charge on any atom is 0.167 e. The Morgan fingerprint density at radius 2 is 1.36 bits per heavy atom. The molecule has 0 fully saturated rings. The molecule has 1 aliphatic carbocycles. The smallest absolute Gasteiger partial charge is 0.167 e. The Balaban J connectivity index is 2.02. The number of benzene rings is 3. The Bertz CT molecular complexity index is 1070. The second-order valence-electron chi connectivity index (χ2n) is 6.74. The molecule has 0 saturated carbocycles. The van der Waals surface area contributed by atoms with Gasteiger partial charge in [-0.2, -0.15) is 0 Å². The molecule has 5 heteroatoms. The average molecular weight is 380 g/mol. The van der Waals surface area contributed by atoms with Gasteiger partial charge in [0.05, 0.1) is 0 Å². The summed E-state index contributed by atoms with van der Waals surface area (Å²) in [7, 11) is 0. The molecular weight excluding hydrogens is 365 g/mol. The van der Waals surface area contributed by atoms with Gasteiger partial charge in [0.2, 0.25) is 0 Å². The molecule has 1 atom stereocenters. The van der Waals surface area contributed by atoms with E-state index in [1.165, 1.54) is 24.3 Å². The van der Waals surface area contributed by atoms with Gasteiger partial charge in [-0.3, -0.25) is 4.79 Å². The minimum atomic E-state index is -1.91. The summed E-state index contributed by atoms with van der Waals surface area (Å²) in [4.78, 5) is 12.9. The molecule has 1 N–H and O–H groups in total. The van der Waals surface area contributed by atoms with E-state index in [1.807, 2.05) is 0 Å². The van der Waals surface area contributed by atoms with Crippen LogP contribution in [0.15, 0.2) is 72.8 Å². The van der Waals surface area contributed by atoms with Gasteiger partial charge in [-0.15, -0.1) is 0 Å². The Kier molecular flexibility index (Phi) is 4.40. The van der Waals surface area contributed by atoms with E-state index >= 15 is 0 Å². The molecule has 0 bridgehead atoms. The lowest BCUT2D eigenvalue weighted by Gasteiger charge is -2.27. The van der Waals surface area contributed by atoms with E-state index < -0.39 is 28.8 Å². The summed E-state index contributed by atoms with van der Waals surface area (Å²) in [5, 5.41) is 11.5. The van der Waals surface area contributed by atoms with Crippen LogP contribution in [0.1, 0.15) is 23.1 Å². The fraction of sp³-hybridized carbons (Fsp3) is 0.0870. The summed E-state index contributed by atoms with van der Waals surface area (Å²) in [6, 6.07) is 16.7. The molecular formula is C23H15F3O2. The highest BCUT2D eigenvalue weighted by molar-refractivity contribution is 6.32. The van der Waals surface area contributed by atoms with Crippen LogP contribution in [0.2, 0.25) is 0 Å². The molecule has 0 saturated heterocycles. The van der Waals surface area contributed by atoms with Crippen molar-refractivity contribution in [2.24, 2.45) is 0 Å². The molecule has 2 nitrogen and oxygen atoms in total. The lowest BCUT2D eigenvalue weighted by Crippen LogP contribution is -2.26. The van der Waals surface area contributed by atoms with Gasteiger partial charge < -0.3 is 5.11 Å². The van der Waals surface area contributed by atoms with Gasteiger partial charge in [-0.25, -0.2) is 13.2 Å². The molecule has 1 aliphatic rings. The third-order valence-electron chi connectivity index (χ3n) is 4.89. The summed E-state index contributed by atoms with van der Waals surface area (Å²) in [5.74, 6) is -2.55. The number of carbonyl (C=O) groups is 1. The monoisotopic (exact) mass is 380 g/mol. The van der Waals surface area contributed by atoms with Crippen LogP contribution in [0.5, 0.6) is 0 Å². The van der Waals surface area contributed by atoms with Crippen molar-refractivity contribution < 1.29 is 23.1 Å². The number of ketones is 1. The SMILES string of the molecule is O=C1C[C@](O)(c2cc(F)cc(F)c2)C(c2ccccc2)=C1c1ccc(F)cc1. The molecule has 3 aromatic rings. The number of aliphatic hydroxyl groups is 1. The van der Waals surface area contributed by atoms with Crippen molar-refractivity contribution in [3.05, 3.63) is 107 Å².